The van der Waals surface area contributed by atoms with Gasteiger partial charge in [0.05, 0.1) is 0 Å². The van der Waals surface area contributed by atoms with Crippen LogP contribution >= 0.6 is 0 Å². The fourth-order valence-corrected chi connectivity index (χ4v) is 2.02. The molecule has 0 spiro atoms. The molecule has 2 rings (SSSR count). The molecule has 0 atom stereocenters. The van der Waals surface area contributed by atoms with Crippen molar-refractivity contribution in [1.82, 2.24) is 0 Å². The minimum Gasteiger partial charge on any atom is -0.381 e. The van der Waals surface area contributed by atoms with E-state index in [-0.39, 0.29) is 5.82 Å². The Balaban J connectivity index is 2.06. The van der Waals surface area contributed by atoms with Gasteiger partial charge in [0.15, 0.2) is 0 Å². The number of halogens is 1. The van der Waals surface area contributed by atoms with E-state index in [2.05, 4.69) is 30.4 Å². The molecule has 0 aliphatic carbocycles. The second-order valence-electron chi connectivity index (χ2n) is 4.39. The van der Waals surface area contributed by atoms with Gasteiger partial charge < -0.3 is 5.32 Å². The van der Waals surface area contributed by atoms with Crippen molar-refractivity contribution in [3.05, 3.63) is 65.5 Å². The molecule has 2 aromatic carbocycles. The number of anilines is 1. The van der Waals surface area contributed by atoms with Crippen molar-refractivity contribution in [3.63, 3.8) is 0 Å². The highest BCUT2D eigenvalue weighted by atomic mass is 19.1. The first-order chi connectivity index (χ1) is 8.79. The fraction of sp³-hybridized carbons (Fsp3) is 0.250. The minimum atomic E-state index is -0.184. The van der Waals surface area contributed by atoms with Crippen molar-refractivity contribution in [2.45, 2.75) is 26.3 Å². The van der Waals surface area contributed by atoms with Gasteiger partial charge in [-0.15, -0.1) is 0 Å². The van der Waals surface area contributed by atoms with E-state index >= 15 is 0 Å². The van der Waals surface area contributed by atoms with Crippen molar-refractivity contribution in [1.29, 1.82) is 0 Å². The summed E-state index contributed by atoms with van der Waals surface area (Å²) in [5.74, 6) is -0.184. The van der Waals surface area contributed by atoms with E-state index in [0.717, 1.165) is 24.1 Å². The Kier molecular flexibility index (Phi) is 4.35. The first-order valence-electron chi connectivity index (χ1n) is 6.36. The molecule has 0 bridgehead atoms. The van der Waals surface area contributed by atoms with Crippen molar-refractivity contribution < 1.29 is 4.39 Å². The molecule has 0 amide bonds. The SMILES string of the molecule is CCCc1ccccc1NCc1cccc(F)c1. The Bertz CT molecular complexity index is 508. The number of para-hydroxylation sites is 1. The zero-order valence-corrected chi connectivity index (χ0v) is 10.6. The van der Waals surface area contributed by atoms with Crippen LogP contribution in [-0.4, -0.2) is 0 Å². The lowest BCUT2D eigenvalue weighted by Gasteiger charge is -2.11. The van der Waals surface area contributed by atoms with Gasteiger partial charge in [-0.3, -0.25) is 0 Å². The van der Waals surface area contributed by atoms with Gasteiger partial charge in [0.1, 0.15) is 5.82 Å². The third kappa shape index (κ3) is 3.33. The maximum atomic E-state index is 13.1. The molecule has 94 valence electrons. The molecule has 0 unspecified atom stereocenters. The van der Waals surface area contributed by atoms with Gasteiger partial charge in [0.25, 0.3) is 0 Å². The van der Waals surface area contributed by atoms with Crippen LogP contribution in [0.1, 0.15) is 24.5 Å². The molecule has 0 aliphatic heterocycles. The van der Waals surface area contributed by atoms with E-state index in [4.69, 9.17) is 0 Å². The monoisotopic (exact) mass is 243 g/mol. The summed E-state index contributed by atoms with van der Waals surface area (Å²) in [4.78, 5) is 0. The van der Waals surface area contributed by atoms with E-state index in [1.807, 2.05) is 12.1 Å². The predicted octanol–water partition coefficient (Wildman–Crippen LogP) is 4.39. The van der Waals surface area contributed by atoms with Gasteiger partial charge in [-0.1, -0.05) is 43.7 Å². The van der Waals surface area contributed by atoms with Crippen molar-refractivity contribution in [2.24, 2.45) is 0 Å². The molecule has 1 N–H and O–H groups in total. The van der Waals surface area contributed by atoms with E-state index in [1.165, 1.54) is 11.6 Å². The van der Waals surface area contributed by atoms with E-state index in [0.29, 0.717) is 6.54 Å². The molecule has 2 aromatic rings. The Morgan fingerprint density at radius 2 is 1.89 bits per heavy atom. The zero-order chi connectivity index (χ0) is 12.8. The lowest BCUT2D eigenvalue weighted by Crippen LogP contribution is -2.02. The highest BCUT2D eigenvalue weighted by molar-refractivity contribution is 5.51. The highest BCUT2D eigenvalue weighted by Crippen LogP contribution is 2.17. The third-order valence-electron chi connectivity index (χ3n) is 2.91. The molecular formula is C16H18FN. The summed E-state index contributed by atoms with van der Waals surface area (Å²) in [6.45, 7) is 2.82. The smallest absolute Gasteiger partial charge is 0.123 e. The van der Waals surface area contributed by atoms with Gasteiger partial charge >= 0.3 is 0 Å². The zero-order valence-electron chi connectivity index (χ0n) is 10.6. The second-order valence-corrected chi connectivity index (χ2v) is 4.39. The maximum absolute atomic E-state index is 13.1. The van der Waals surface area contributed by atoms with Crippen LogP contribution in [0, 0.1) is 5.82 Å². The molecule has 0 saturated carbocycles. The van der Waals surface area contributed by atoms with Crippen LogP contribution in [0.25, 0.3) is 0 Å². The Morgan fingerprint density at radius 3 is 2.67 bits per heavy atom. The summed E-state index contributed by atoms with van der Waals surface area (Å²) in [5.41, 5.74) is 3.42. The van der Waals surface area contributed by atoms with Gasteiger partial charge in [0.2, 0.25) is 0 Å². The average Bonchev–Trinajstić information content (AvgIpc) is 2.38. The minimum absolute atomic E-state index is 0.184. The molecule has 18 heavy (non-hydrogen) atoms. The Labute approximate surface area is 108 Å². The van der Waals surface area contributed by atoms with E-state index in [1.54, 1.807) is 12.1 Å². The van der Waals surface area contributed by atoms with Crippen molar-refractivity contribution in [3.8, 4) is 0 Å². The molecule has 0 heterocycles. The molecule has 0 radical (unpaired) electrons. The van der Waals surface area contributed by atoms with Crippen LogP contribution < -0.4 is 5.32 Å². The number of hydrogen-bond donors (Lipinski definition) is 1. The van der Waals surface area contributed by atoms with Crippen LogP contribution in [0.15, 0.2) is 48.5 Å². The van der Waals surface area contributed by atoms with Crippen LogP contribution in [0.3, 0.4) is 0 Å². The molecule has 0 aromatic heterocycles. The highest BCUT2D eigenvalue weighted by Gasteiger charge is 2.01. The summed E-state index contributed by atoms with van der Waals surface area (Å²) < 4.78 is 13.1. The number of rotatable bonds is 5. The van der Waals surface area contributed by atoms with Crippen molar-refractivity contribution >= 4 is 5.69 Å². The average molecular weight is 243 g/mol. The number of nitrogens with one attached hydrogen (secondary N) is 1. The van der Waals surface area contributed by atoms with Gasteiger partial charge in [0, 0.05) is 12.2 Å². The largest absolute Gasteiger partial charge is 0.381 e. The fourth-order valence-electron chi connectivity index (χ4n) is 2.02. The number of hydrogen-bond acceptors (Lipinski definition) is 1. The van der Waals surface area contributed by atoms with E-state index in [9.17, 15) is 4.39 Å². The van der Waals surface area contributed by atoms with Crippen molar-refractivity contribution in [2.75, 3.05) is 5.32 Å². The Hall–Kier alpha value is -1.83. The molecule has 1 nitrogen and oxygen atoms in total. The van der Waals surface area contributed by atoms with Crippen LogP contribution in [0.4, 0.5) is 10.1 Å². The van der Waals surface area contributed by atoms with Gasteiger partial charge in [-0.05, 0) is 35.7 Å². The third-order valence-corrected chi connectivity index (χ3v) is 2.91. The number of aryl methyl sites for hydroxylation is 1. The molecule has 2 heteroatoms. The Morgan fingerprint density at radius 1 is 1.06 bits per heavy atom. The first kappa shape index (κ1) is 12.6. The standard InChI is InChI=1S/C16H18FN/c1-2-6-14-8-3-4-10-16(14)18-12-13-7-5-9-15(17)11-13/h3-5,7-11,18H,2,6,12H2,1H3. The van der Waals surface area contributed by atoms with Gasteiger partial charge in [-0.25, -0.2) is 4.39 Å². The summed E-state index contributed by atoms with van der Waals surface area (Å²) in [6, 6.07) is 15.0. The van der Waals surface area contributed by atoms with Gasteiger partial charge in [-0.2, -0.15) is 0 Å². The molecular weight excluding hydrogens is 225 g/mol. The lowest BCUT2D eigenvalue weighted by molar-refractivity contribution is 0.626. The second kappa shape index (κ2) is 6.20. The summed E-state index contributed by atoms with van der Waals surface area (Å²) in [5, 5.41) is 3.37. The maximum Gasteiger partial charge on any atom is 0.123 e. The summed E-state index contributed by atoms with van der Waals surface area (Å²) in [6.07, 6.45) is 2.19. The quantitative estimate of drug-likeness (QED) is 0.821. The molecule has 0 aliphatic rings. The van der Waals surface area contributed by atoms with Crippen LogP contribution in [0.2, 0.25) is 0 Å². The molecule has 0 saturated heterocycles. The first-order valence-corrected chi connectivity index (χ1v) is 6.36. The normalized spacial score (nSPS) is 10.3. The van der Waals surface area contributed by atoms with E-state index < -0.39 is 0 Å². The predicted molar refractivity (Wildman–Crippen MR) is 74.2 cm³/mol. The molecule has 0 fully saturated rings. The summed E-state index contributed by atoms with van der Waals surface area (Å²) >= 11 is 0. The number of benzene rings is 2. The topological polar surface area (TPSA) is 12.0 Å². The van der Waals surface area contributed by atoms with Crippen LogP contribution in [0.5, 0.6) is 0 Å². The lowest BCUT2D eigenvalue weighted by atomic mass is 10.1. The summed E-state index contributed by atoms with van der Waals surface area (Å²) in [7, 11) is 0. The van der Waals surface area contributed by atoms with Crippen LogP contribution in [-0.2, 0) is 13.0 Å².